The van der Waals surface area contributed by atoms with E-state index in [4.69, 9.17) is 4.74 Å². The van der Waals surface area contributed by atoms with Gasteiger partial charge >= 0.3 is 5.97 Å². The maximum Gasteiger partial charge on any atom is 0.338 e. The highest BCUT2D eigenvalue weighted by atomic mass is 32.2. The molecule has 0 radical (unpaired) electrons. The van der Waals surface area contributed by atoms with E-state index >= 15 is 0 Å². The summed E-state index contributed by atoms with van der Waals surface area (Å²) < 4.78 is 31.1. The Balaban J connectivity index is 1.90. The number of hydrogen-bond donors (Lipinski definition) is 2. The molecule has 0 fully saturated rings. The standard InChI is InChI=1S/C21H26N2O5S/c1-15(12-13-17-8-5-4-6-9-17)23-20(24)16(2)28-21(25)18-10-7-11-19(14-18)29(26,27)22-3/h4-11,14-16,22H,12-13H2,1-3H3,(H,23,24)/t15-,16-/m0/s1. The Morgan fingerprint density at radius 2 is 1.72 bits per heavy atom. The molecule has 0 saturated heterocycles. The Hall–Kier alpha value is -2.71. The third-order valence-corrected chi connectivity index (χ3v) is 5.81. The average molecular weight is 419 g/mol. The van der Waals surface area contributed by atoms with Gasteiger partial charge in [0.25, 0.3) is 5.91 Å². The van der Waals surface area contributed by atoms with E-state index in [1.165, 1.54) is 43.8 Å². The first-order chi connectivity index (χ1) is 13.7. The van der Waals surface area contributed by atoms with Crippen LogP contribution >= 0.6 is 0 Å². The fourth-order valence-corrected chi connectivity index (χ4v) is 3.43. The molecule has 0 aliphatic carbocycles. The number of nitrogens with one attached hydrogen (secondary N) is 2. The SMILES string of the molecule is CNS(=O)(=O)c1cccc(C(=O)O[C@@H](C)C(=O)N[C@@H](C)CCc2ccccc2)c1. The van der Waals surface area contributed by atoms with Crippen molar-refractivity contribution in [3.05, 3.63) is 65.7 Å². The van der Waals surface area contributed by atoms with Gasteiger partial charge in [-0.3, -0.25) is 4.79 Å². The topological polar surface area (TPSA) is 102 Å². The van der Waals surface area contributed by atoms with Gasteiger partial charge in [0.15, 0.2) is 6.10 Å². The summed E-state index contributed by atoms with van der Waals surface area (Å²) in [5.41, 5.74) is 1.24. The van der Waals surface area contributed by atoms with Crippen LogP contribution in [-0.2, 0) is 26.0 Å². The van der Waals surface area contributed by atoms with Crippen molar-refractivity contribution in [2.75, 3.05) is 7.05 Å². The van der Waals surface area contributed by atoms with Gasteiger partial charge in [-0.2, -0.15) is 0 Å². The number of esters is 1. The van der Waals surface area contributed by atoms with Gasteiger partial charge in [-0.15, -0.1) is 0 Å². The molecule has 29 heavy (non-hydrogen) atoms. The van der Waals surface area contributed by atoms with Crippen LogP contribution in [0.15, 0.2) is 59.5 Å². The molecule has 0 unspecified atom stereocenters. The fourth-order valence-electron chi connectivity index (χ4n) is 2.65. The minimum Gasteiger partial charge on any atom is -0.449 e. The highest BCUT2D eigenvalue weighted by molar-refractivity contribution is 7.89. The van der Waals surface area contributed by atoms with Crippen LogP contribution in [0.4, 0.5) is 0 Å². The highest BCUT2D eigenvalue weighted by Gasteiger charge is 2.21. The van der Waals surface area contributed by atoms with E-state index in [9.17, 15) is 18.0 Å². The predicted molar refractivity (Wildman–Crippen MR) is 110 cm³/mol. The second kappa shape index (κ2) is 10.2. The number of ether oxygens (including phenoxy) is 1. The molecule has 0 saturated carbocycles. The normalized spacial score (nSPS) is 13.3. The summed E-state index contributed by atoms with van der Waals surface area (Å²) in [6.45, 7) is 3.37. The number of hydrogen-bond acceptors (Lipinski definition) is 5. The summed E-state index contributed by atoms with van der Waals surface area (Å²) in [4.78, 5) is 24.6. The Kier molecular flexibility index (Phi) is 7.92. The average Bonchev–Trinajstić information content (AvgIpc) is 2.73. The smallest absolute Gasteiger partial charge is 0.338 e. The van der Waals surface area contributed by atoms with Crippen molar-refractivity contribution in [3.63, 3.8) is 0 Å². The summed E-state index contributed by atoms with van der Waals surface area (Å²) >= 11 is 0. The minimum atomic E-state index is -3.68. The third kappa shape index (κ3) is 6.69. The molecule has 2 N–H and O–H groups in total. The molecular weight excluding hydrogens is 392 g/mol. The molecule has 0 aliphatic rings. The van der Waals surface area contributed by atoms with Gasteiger partial charge in [0.2, 0.25) is 10.0 Å². The molecule has 0 heterocycles. The summed E-state index contributed by atoms with van der Waals surface area (Å²) in [7, 11) is -2.40. The predicted octanol–water partition coefficient (Wildman–Crippen LogP) is 2.28. The zero-order chi connectivity index (χ0) is 21.4. The number of sulfonamides is 1. The summed E-state index contributed by atoms with van der Waals surface area (Å²) in [6.07, 6.45) is 0.565. The van der Waals surface area contributed by atoms with E-state index in [2.05, 4.69) is 10.0 Å². The molecule has 0 bridgehead atoms. The summed E-state index contributed by atoms with van der Waals surface area (Å²) in [5, 5.41) is 2.83. The number of rotatable bonds is 9. The number of carbonyl (C=O) groups excluding carboxylic acids is 2. The molecule has 0 aliphatic heterocycles. The molecule has 0 spiro atoms. The Morgan fingerprint density at radius 1 is 1.03 bits per heavy atom. The lowest BCUT2D eigenvalue weighted by molar-refractivity contribution is -0.129. The quantitative estimate of drug-likeness (QED) is 0.609. The first kappa shape index (κ1) is 22.6. The van der Waals surface area contributed by atoms with Crippen LogP contribution in [0, 0.1) is 0 Å². The van der Waals surface area contributed by atoms with Gasteiger partial charge in [-0.05, 0) is 57.5 Å². The monoisotopic (exact) mass is 418 g/mol. The molecule has 2 atom stereocenters. The molecule has 156 valence electrons. The van der Waals surface area contributed by atoms with Gasteiger partial charge in [0.1, 0.15) is 0 Å². The van der Waals surface area contributed by atoms with E-state index < -0.39 is 28.0 Å². The van der Waals surface area contributed by atoms with Crippen LogP contribution in [0.5, 0.6) is 0 Å². The largest absolute Gasteiger partial charge is 0.449 e. The van der Waals surface area contributed by atoms with Gasteiger partial charge < -0.3 is 10.1 Å². The number of amides is 1. The zero-order valence-corrected chi connectivity index (χ0v) is 17.5. The molecular formula is C21H26N2O5S. The van der Waals surface area contributed by atoms with E-state index in [0.717, 1.165) is 12.8 Å². The molecule has 8 heteroatoms. The first-order valence-electron chi connectivity index (χ1n) is 9.32. The van der Waals surface area contributed by atoms with Crippen molar-refractivity contribution >= 4 is 21.9 Å². The van der Waals surface area contributed by atoms with Crippen molar-refractivity contribution in [1.29, 1.82) is 0 Å². The van der Waals surface area contributed by atoms with Gasteiger partial charge in [0, 0.05) is 6.04 Å². The molecule has 2 rings (SSSR count). The van der Waals surface area contributed by atoms with Crippen molar-refractivity contribution in [1.82, 2.24) is 10.0 Å². The second-order valence-corrected chi connectivity index (χ2v) is 8.60. The molecule has 2 aromatic rings. The van der Waals surface area contributed by atoms with E-state index in [-0.39, 0.29) is 16.5 Å². The van der Waals surface area contributed by atoms with Crippen molar-refractivity contribution in [2.45, 2.75) is 43.7 Å². The van der Waals surface area contributed by atoms with Gasteiger partial charge in [-0.1, -0.05) is 36.4 Å². The number of benzene rings is 2. The van der Waals surface area contributed by atoms with Crippen molar-refractivity contribution in [2.24, 2.45) is 0 Å². The van der Waals surface area contributed by atoms with Crippen LogP contribution in [-0.4, -0.2) is 39.5 Å². The second-order valence-electron chi connectivity index (χ2n) is 6.72. The molecule has 2 aromatic carbocycles. The maximum absolute atomic E-state index is 12.3. The molecule has 7 nitrogen and oxygen atoms in total. The lowest BCUT2D eigenvalue weighted by Gasteiger charge is -2.18. The van der Waals surface area contributed by atoms with E-state index in [1.807, 2.05) is 37.3 Å². The number of aryl methyl sites for hydroxylation is 1. The van der Waals surface area contributed by atoms with Gasteiger partial charge in [-0.25, -0.2) is 17.9 Å². The van der Waals surface area contributed by atoms with Crippen LogP contribution in [0.2, 0.25) is 0 Å². The minimum absolute atomic E-state index is 0.0538. The van der Waals surface area contributed by atoms with E-state index in [0.29, 0.717) is 0 Å². The van der Waals surface area contributed by atoms with Gasteiger partial charge in [0.05, 0.1) is 10.5 Å². The van der Waals surface area contributed by atoms with Crippen LogP contribution in [0.25, 0.3) is 0 Å². The lowest BCUT2D eigenvalue weighted by Crippen LogP contribution is -2.41. The lowest BCUT2D eigenvalue weighted by atomic mass is 10.1. The van der Waals surface area contributed by atoms with Crippen molar-refractivity contribution < 1.29 is 22.7 Å². The fraction of sp³-hybridized carbons (Fsp3) is 0.333. The first-order valence-corrected chi connectivity index (χ1v) is 10.8. The van der Waals surface area contributed by atoms with Crippen LogP contribution < -0.4 is 10.0 Å². The summed E-state index contributed by atoms with van der Waals surface area (Å²) in [5.74, 6) is -1.17. The maximum atomic E-state index is 12.3. The summed E-state index contributed by atoms with van der Waals surface area (Å²) in [6, 6.07) is 15.3. The van der Waals surface area contributed by atoms with E-state index in [1.54, 1.807) is 0 Å². The zero-order valence-electron chi connectivity index (χ0n) is 16.7. The Labute approximate surface area is 171 Å². The Bertz CT molecular complexity index is 945. The highest BCUT2D eigenvalue weighted by Crippen LogP contribution is 2.13. The van der Waals surface area contributed by atoms with Crippen LogP contribution in [0.1, 0.15) is 36.2 Å². The van der Waals surface area contributed by atoms with Crippen LogP contribution in [0.3, 0.4) is 0 Å². The Morgan fingerprint density at radius 3 is 2.38 bits per heavy atom. The molecule has 0 aromatic heterocycles. The molecule has 1 amide bonds. The number of carbonyl (C=O) groups is 2. The third-order valence-electron chi connectivity index (χ3n) is 4.40. The van der Waals surface area contributed by atoms with Crippen molar-refractivity contribution in [3.8, 4) is 0 Å².